The van der Waals surface area contributed by atoms with Crippen LogP contribution in [0.4, 0.5) is 0 Å². The van der Waals surface area contributed by atoms with Crippen molar-refractivity contribution in [2.75, 3.05) is 18.8 Å². The molecule has 2 heterocycles. The Labute approximate surface area is 157 Å². The van der Waals surface area contributed by atoms with Gasteiger partial charge < -0.3 is 10.6 Å². The molecular formula is C19H20ClN3OS. The van der Waals surface area contributed by atoms with Crippen LogP contribution in [-0.4, -0.2) is 29.9 Å². The van der Waals surface area contributed by atoms with E-state index in [9.17, 15) is 4.79 Å². The van der Waals surface area contributed by atoms with E-state index in [2.05, 4.69) is 34.9 Å². The number of carbonyl (C=O) groups is 1. The molecule has 0 saturated carbocycles. The van der Waals surface area contributed by atoms with Crippen molar-refractivity contribution in [3.8, 4) is 0 Å². The first-order valence-electron chi connectivity index (χ1n) is 8.13. The van der Waals surface area contributed by atoms with Crippen LogP contribution in [0.15, 0.2) is 65.7 Å². The van der Waals surface area contributed by atoms with Crippen molar-refractivity contribution < 1.29 is 4.79 Å². The number of aliphatic imine (C=N–C) groups is 1. The summed E-state index contributed by atoms with van der Waals surface area (Å²) in [6.45, 7) is 1.78. The summed E-state index contributed by atoms with van der Waals surface area (Å²) in [4.78, 5) is 17.4. The topological polar surface area (TPSA) is 53.5 Å². The molecule has 4 rings (SSSR count). The average molecular weight is 374 g/mol. The molecule has 2 N–H and O–H groups in total. The summed E-state index contributed by atoms with van der Waals surface area (Å²) in [5.41, 5.74) is 1.60. The summed E-state index contributed by atoms with van der Waals surface area (Å²) in [5.74, 6) is 1.30. The van der Waals surface area contributed by atoms with Gasteiger partial charge in [0.15, 0.2) is 5.17 Å². The van der Waals surface area contributed by atoms with Crippen LogP contribution in [0.2, 0.25) is 0 Å². The van der Waals surface area contributed by atoms with Gasteiger partial charge in [0.25, 0.3) is 5.91 Å². The van der Waals surface area contributed by atoms with Crippen molar-refractivity contribution in [3.05, 3.63) is 71.8 Å². The number of amidine groups is 1. The molecule has 1 fully saturated rings. The summed E-state index contributed by atoms with van der Waals surface area (Å²) >= 11 is 1.63. The van der Waals surface area contributed by atoms with Gasteiger partial charge in [0.1, 0.15) is 5.54 Å². The largest absolute Gasteiger partial charge is 0.314 e. The molecule has 0 aliphatic carbocycles. The Bertz CT molecular complexity index is 769. The number of fused-ring (bicyclic) bond motifs is 1. The maximum absolute atomic E-state index is 12.4. The van der Waals surface area contributed by atoms with Crippen molar-refractivity contribution in [3.63, 3.8) is 0 Å². The monoisotopic (exact) mass is 373 g/mol. The van der Waals surface area contributed by atoms with Gasteiger partial charge in [-0.05, 0) is 17.7 Å². The first kappa shape index (κ1) is 18.0. The van der Waals surface area contributed by atoms with E-state index < -0.39 is 0 Å². The number of benzene rings is 2. The molecule has 0 radical (unpaired) electrons. The molecule has 0 aromatic heterocycles. The number of rotatable bonds is 2. The van der Waals surface area contributed by atoms with Gasteiger partial charge in [-0.3, -0.25) is 4.79 Å². The third kappa shape index (κ3) is 3.45. The Balaban J connectivity index is 0.00000182. The zero-order valence-electron chi connectivity index (χ0n) is 13.6. The molecule has 2 aromatic carbocycles. The number of hydrogen-bond donors (Lipinski definition) is 2. The van der Waals surface area contributed by atoms with Crippen LogP contribution in [0.25, 0.3) is 0 Å². The highest BCUT2D eigenvalue weighted by Gasteiger charge is 2.47. The van der Waals surface area contributed by atoms with E-state index in [0.717, 1.165) is 18.8 Å². The second-order valence-electron chi connectivity index (χ2n) is 6.17. The van der Waals surface area contributed by atoms with Crippen LogP contribution in [0.3, 0.4) is 0 Å². The van der Waals surface area contributed by atoms with E-state index in [0.29, 0.717) is 16.6 Å². The zero-order valence-corrected chi connectivity index (χ0v) is 15.3. The Morgan fingerprint density at radius 1 is 1.12 bits per heavy atom. The molecule has 0 bridgehead atoms. The van der Waals surface area contributed by atoms with Crippen molar-refractivity contribution in [1.29, 1.82) is 0 Å². The minimum Gasteiger partial charge on any atom is -0.314 e. The van der Waals surface area contributed by atoms with Gasteiger partial charge in [0.05, 0.1) is 0 Å². The Hall–Kier alpha value is -1.82. The molecule has 4 nitrogen and oxygen atoms in total. The van der Waals surface area contributed by atoms with Crippen molar-refractivity contribution in [1.82, 2.24) is 10.6 Å². The molecule has 2 aliphatic rings. The lowest BCUT2D eigenvalue weighted by Crippen LogP contribution is -2.42. The quantitative estimate of drug-likeness (QED) is 0.850. The average Bonchev–Trinajstić information content (AvgIpc) is 3.07. The lowest BCUT2D eigenvalue weighted by Gasteiger charge is -2.35. The third-order valence-electron chi connectivity index (χ3n) is 4.71. The lowest BCUT2D eigenvalue weighted by atomic mass is 9.82. The maximum Gasteiger partial charge on any atom is 0.257 e. The number of carbonyl (C=O) groups excluding carboxylic acids is 1. The normalized spacial score (nSPS) is 24.6. The molecule has 1 saturated heterocycles. The molecular weight excluding hydrogens is 354 g/mol. The van der Waals surface area contributed by atoms with Crippen molar-refractivity contribution in [2.24, 2.45) is 10.9 Å². The second-order valence-corrected chi connectivity index (χ2v) is 7.17. The number of halogens is 1. The second kappa shape index (κ2) is 7.60. The fourth-order valence-electron chi connectivity index (χ4n) is 3.42. The molecule has 1 amide bonds. The predicted octanol–water partition coefficient (Wildman–Crippen LogP) is 3.06. The number of thioether (sulfide) groups is 1. The smallest absolute Gasteiger partial charge is 0.257 e. The lowest BCUT2D eigenvalue weighted by molar-refractivity contribution is 0.0977. The van der Waals surface area contributed by atoms with Crippen LogP contribution in [-0.2, 0) is 5.54 Å². The van der Waals surface area contributed by atoms with Gasteiger partial charge in [-0.1, -0.05) is 60.3 Å². The highest BCUT2D eigenvalue weighted by atomic mass is 35.5. The number of nitrogens with zero attached hydrogens (tertiary/aromatic N) is 1. The van der Waals surface area contributed by atoms with Crippen LogP contribution in [0, 0.1) is 5.92 Å². The summed E-state index contributed by atoms with van der Waals surface area (Å²) in [6, 6.07) is 19.7. The van der Waals surface area contributed by atoms with Gasteiger partial charge in [0, 0.05) is 30.3 Å². The zero-order chi connectivity index (χ0) is 16.4. The van der Waals surface area contributed by atoms with E-state index in [1.165, 1.54) is 5.56 Å². The van der Waals surface area contributed by atoms with Crippen LogP contribution >= 0.6 is 24.2 Å². The van der Waals surface area contributed by atoms with Gasteiger partial charge in [-0.15, -0.1) is 12.4 Å². The summed E-state index contributed by atoms with van der Waals surface area (Å²) in [7, 11) is 0. The first-order valence-corrected chi connectivity index (χ1v) is 9.12. The van der Waals surface area contributed by atoms with Crippen molar-refractivity contribution in [2.45, 2.75) is 5.54 Å². The van der Waals surface area contributed by atoms with E-state index in [-0.39, 0.29) is 23.9 Å². The van der Waals surface area contributed by atoms with Gasteiger partial charge in [-0.2, -0.15) is 0 Å². The van der Waals surface area contributed by atoms with Gasteiger partial charge in [-0.25, -0.2) is 4.99 Å². The highest BCUT2D eigenvalue weighted by molar-refractivity contribution is 8.13. The molecule has 6 heteroatoms. The molecule has 0 spiro atoms. The van der Waals surface area contributed by atoms with E-state index in [1.54, 1.807) is 11.8 Å². The van der Waals surface area contributed by atoms with Crippen LogP contribution in [0.1, 0.15) is 15.9 Å². The molecule has 25 heavy (non-hydrogen) atoms. The fraction of sp³-hybridized carbons (Fsp3) is 0.263. The number of nitrogens with one attached hydrogen (secondary N) is 2. The minimum atomic E-state index is -0.272. The standard InChI is InChI=1S/C19H19N3OS.ClH/c23-17(14-7-3-1-4-8-14)21-18-22-19(15-9-5-2-6-10-15)13-20-11-16(19)12-24-18;/h1-10,16,20H,11-13H2,(H,21,22,23);1H/t16-,19+;/m0./s1. The summed E-state index contributed by atoms with van der Waals surface area (Å²) in [6.07, 6.45) is 0. The SMILES string of the molecule is Cl.O=C(NC1=N[C@@]2(c3ccccc3)CNC[C@H]2CS1)c1ccccc1. The number of amides is 1. The molecule has 130 valence electrons. The highest BCUT2D eigenvalue weighted by Crippen LogP contribution is 2.42. The molecule has 2 aromatic rings. The summed E-state index contributed by atoms with van der Waals surface area (Å²) in [5, 5.41) is 7.18. The predicted molar refractivity (Wildman–Crippen MR) is 106 cm³/mol. The van der Waals surface area contributed by atoms with Gasteiger partial charge in [0.2, 0.25) is 0 Å². The summed E-state index contributed by atoms with van der Waals surface area (Å²) < 4.78 is 0. The van der Waals surface area contributed by atoms with E-state index >= 15 is 0 Å². The minimum absolute atomic E-state index is 0. The van der Waals surface area contributed by atoms with Gasteiger partial charge >= 0.3 is 0 Å². The Morgan fingerprint density at radius 3 is 2.52 bits per heavy atom. The van der Waals surface area contributed by atoms with Crippen molar-refractivity contribution >= 4 is 35.2 Å². The van der Waals surface area contributed by atoms with Crippen LogP contribution < -0.4 is 10.6 Å². The number of hydrogen-bond acceptors (Lipinski definition) is 4. The fourth-order valence-corrected chi connectivity index (χ4v) is 4.57. The third-order valence-corrected chi connectivity index (χ3v) is 5.75. The molecule has 0 unspecified atom stereocenters. The van der Waals surface area contributed by atoms with Crippen LogP contribution in [0.5, 0.6) is 0 Å². The Morgan fingerprint density at radius 2 is 1.80 bits per heavy atom. The van der Waals surface area contributed by atoms with E-state index in [1.807, 2.05) is 36.4 Å². The van der Waals surface area contributed by atoms with E-state index in [4.69, 9.17) is 4.99 Å². The first-order chi connectivity index (χ1) is 11.8. The molecule has 2 aliphatic heterocycles. The molecule has 2 atom stereocenters. The maximum atomic E-state index is 12.4. The Kier molecular flexibility index (Phi) is 5.47.